The average Bonchev–Trinajstić information content (AvgIpc) is 3.45. The van der Waals surface area contributed by atoms with Gasteiger partial charge >= 0.3 is 0 Å². The van der Waals surface area contributed by atoms with Crippen LogP contribution in [0.4, 0.5) is 5.69 Å². The second-order valence-corrected chi connectivity index (χ2v) is 10.5. The number of carbonyl (C=O) groups excluding carboxylic acids is 3. The minimum atomic E-state index is -1.40. The number of nitrogens with one attached hydrogen (secondary N) is 2. The van der Waals surface area contributed by atoms with Gasteiger partial charge in [0, 0.05) is 28.9 Å². The van der Waals surface area contributed by atoms with Crippen LogP contribution in [0.25, 0.3) is 0 Å². The normalized spacial score (nSPS) is 26.1. The third-order valence-electron chi connectivity index (χ3n) is 7.94. The predicted octanol–water partition coefficient (Wildman–Crippen LogP) is 3.56. The first-order chi connectivity index (χ1) is 17.8. The number of rotatable bonds is 5. The summed E-state index contributed by atoms with van der Waals surface area (Å²) in [6.45, 7) is 2.11. The molecule has 1 spiro atoms. The fraction of sp³-hybridized carbons (Fsp3) is 0.276. The van der Waals surface area contributed by atoms with E-state index in [4.69, 9.17) is 11.6 Å². The molecule has 0 bridgehead atoms. The zero-order valence-corrected chi connectivity index (χ0v) is 21.0. The van der Waals surface area contributed by atoms with Crippen molar-refractivity contribution < 1.29 is 19.5 Å². The molecule has 4 atom stereocenters. The summed E-state index contributed by atoms with van der Waals surface area (Å²) in [5.41, 5.74) is 2.55. The molecule has 0 unspecified atom stereocenters. The molecule has 3 aromatic carbocycles. The van der Waals surface area contributed by atoms with Gasteiger partial charge in [0.15, 0.2) is 0 Å². The summed E-state index contributed by atoms with van der Waals surface area (Å²) in [7, 11) is 0. The van der Waals surface area contributed by atoms with Crippen LogP contribution < -0.4 is 10.6 Å². The fourth-order valence-corrected chi connectivity index (χ4v) is 6.53. The van der Waals surface area contributed by atoms with Gasteiger partial charge in [-0.15, -0.1) is 0 Å². The number of carbonyl (C=O) groups is 3. The van der Waals surface area contributed by atoms with E-state index in [2.05, 4.69) is 10.6 Å². The Morgan fingerprint density at radius 3 is 2.43 bits per heavy atom. The van der Waals surface area contributed by atoms with Crippen LogP contribution in [0.3, 0.4) is 0 Å². The topological polar surface area (TPSA) is 98.7 Å². The largest absolute Gasteiger partial charge is 0.508 e. The zero-order valence-electron chi connectivity index (χ0n) is 20.2. The first kappa shape index (κ1) is 23.7. The van der Waals surface area contributed by atoms with E-state index in [-0.39, 0.29) is 30.0 Å². The summed E-state index contributed by atoms with van der Waals surface area (Å²) in [4.78, 5) is 42.8. The Hall–Kier alpha value is -3.68. The number of hydrogen-bond donors (Lipinski definition) is 3. The summed E-state index contributed by atoms with van der Waals surface area (Å²) in [6.07, 6.45) is 0.950. The van der Waals surface area contributed by atoms with Crippen molar-refractivity contribution in [2.75, 3.05) is 11.9 Å². The van der Waals surface area contributed by atoms with E-state index < -0.39 is 23.4 Å². The Bertz CT molecular complexity index is 1430. The second-order valence-electron chi connectivity index (χ2n) is 10.1. The number of halogens is 1. The fourth-order valence-electron chi connectivity index (χ4n) is 6.26. The number of benzene rings is 3. The van der Waals surface area contributed by atoms with E-state index in [1.54, 1.807) is 36.4 Å². The van der Waals surface area contributed by atoms with Crippen LogP contribution in [0.15, 0.2) is 66.7 Å². The van der Waals surface area contributed by atoms with E-state index in [0.29, 0.717) is 29.1 Å². The van der Waals surface area contributed by atoms with Crippen LogP contribution in [0, 0.1) is 18.8 Å². The molecule has 3 aromatic rings. The lowest BCUT2D eigenvalue weighted by molar-refractivity contribution is -0.142. The molecule has 3 aliphatic heterocycles. The molecule has 2 saturated heterocycles. The van der Waals surface area contributed by atoms with Crippen molar-refractivity contribution >= 4 is 35.0 Å². The van der Waals surface area contributed by atoms with Gasteiger partial charge < -0.3 is 10.4 Å². The van der Waals surface area contributed by atoms with Gasteiger partial charge in [0.25, 0.3) is 0 Å². The van der Waals surface area contributed by atoms with Gasteiger partial charge in [0.1, 0.15) is 11.3 Å². The van der Waals surface area contributed by atoms with Gasteiger partial charge in [-0.2, -0.15) is 0 Å². The highest BCUT2D eigenvalue weighted by Gasteiger charge is 2.70. The number of phenolic OH excluding ortho intramolecular Hbond substituents is 1. The van der Waals surface area contributed by atoms with Crippen LogP contribution in [0.5, 0.6) is 5.75 Å². The smallest absolute Gasteiger partial charge is 0.250 e. The third-order valence-corrected chi connectivity index (χ3v) is 8.15. The predicted molar refractivity (Wildman–Crippen MR) is 139 cm³/mol. The van der Waals surface area contributed by atoms with Crippen molar-refractivity contribution in [2.45, 2.75) is 31.3 Å². The van der Waals surface area contributed by atoms with Gasteiger partial charge in [0.05, 0.1) is 11.8 Å². The van der Waals surface area contributed by atoms with Gasteiger partial charge in [-0.05, 0) is 60.7 Å². The number of nitrogens with zero attached hydrogens (tertiary/aromatic N) is 1. The molecule has 37 heavy (non-hydrogen) atoms. The molecule has 6 rings (SSSR count). The molecular weight excluding hydrogens is 490 g/mol. The lowest BCUT2D eigenvalue weighted by atomic mass is 9.76. The number of hydrogen-bond acceptors (Lipinski definition) is 5. The molecule has 8 heteroatoms. The van der Waals surface area contributed by atoms with Crippen molar-refractivity contribution in [3.63, 3.8) is 0 Å². The van der Waals surface area contributed by atoms with Gasteiger partial charge in [-0.25, -0.2) is 0 Å². The quantitative estimate of drug-likeness (QED) is 0.451. The van der Waals surface area contributed by atoms with Crippen LogP contribution in [-0.2, 0) is 32.8 Å². The maximum absolute atomic E-state index is 14.0. The first-order valence-electron chi connectivity index (χ1n) is 12.4. The minimum Gasteiger partial charge on any atom is -0.508 e. The van der Waals surface area contributed by atoms with Crippen molar-refractivity contribution in [2.24, 2.45) is 11.8 Å². The number of aromatic hydroxyl groups is 1. The van der Waals surface area contributed by atoms with Crippen molar-refractivity contribution in [3.05, 3.63) is 94.0 Å². The maximum Gasteiger partial charge on any atom is 0.250 e. The average molecular weight is 516 g/mol. The highest BCUT2D eigenvalue weighted by atomic mass is 35.5. The van der Waals surface area contributed by atoms with Crippen molar-refractivity contribution in [3.8, 4) is 5.75 Å². The number of fused-ring (bicyclic) bond motifs is 4. The second kappa shape index (κ2) is 8.71. The number of likely N-dealkylation sites (tertiary alicyclic amines) is 1. The monoisotopic (exact) mass is 515 g/mol. The number of aryl methyl sites for hydroxylation is 1. The van der Waals surface area contributed by atoms with E-state index in [1.807, 2.05) is 37.3 Å². The van der Waals surface area contributed by atoms with E-state index >= 15 is 0 Å². The van der Waals surface area contributed by atoms with Crippen molar-refractivity contribution in [1.82, 2.24) is 10.2 Å². The van der Waals surface area contributed by atoms with E-state index in [0.717, 1.165) is 16.7 Å². The SMILES string of the molecule is Cc1cc(Cl)cc2c1NC(=O)[C@@]21N[C@H](Cc2ccc(O)cc2)[C@H]2C(=O)N(CCc3ccccc3)C(=O)[C@H]21. The van der Waals surface area contributed by atoms with Crippen molar-refractivity contribution in [1.29, 1.82) is 0 Å². The van der Waals surface area contributed by atoms with Crippen LogP contribution in [-0.4, -0.2) is 40.3 Å². The number of amides is 3. The third kappa shape index (κ3) is 3.64. The number of imide groups is 1. The number of anilines is 1. The molecule has 0 aromatic heterocycles. The summed E-state index contributed by atoms with van der Waals surface area (Å²) >= 11 is 6.42. The highest BCUT2D eigenvalue weighted by Crippen LogP contribution is 2.54. The molecular formula is C29H26ClN3O4. The number of phenols is 1. The molecule has 2 fully saturated rings. The van der Waals surface area contributed by atoms with Gasteiger partial charge in [0.2, 0.25) is 17.7 Å². The molecule has 7 nitrogen and oxygen atoms in total. The van der Waals surface area contributed by atoms with Crippen LogP contribution in [0.1, 0.15) is 22.3 Å². The standard InChI is InChI=1S/C29H26ClN3O4/c1-16-13-19(30)15-21-25(16)31-28(37)29(21)24-23(22(32-29)14-18-7-9-20(34)10-8-18)26(35)33(27(24)36)12-11-17-5-3-2-4-6-17/h2-10,13,15,22-24,32,34H,11-12,14H2,1H3,(H,31,37)/t22-,23-,24+,29-/m1/s1. The summed E-state index contributed by atoms with van der Waals surface area (Å²) < 4.78 is 0. The Morgan fingerprint density at radius 2 is 1.70 bits per heavy atom. The Balaban J connectivity index is 1.42. The molecule has 3 N–H and O–H groups in total. The molecule has 188 valence electrons. The highest BCUT2D eigenvalue weighted by molar-refractivity contribution is 6.31. The minimum absolute atomic E-state index is 0.144. The molecule has 3 amide bonds. The first-order valence-corrected chi connectivity index (χ1v) is 12.7. The maximum atomic E-state index is 14.0. The van der Waals surface area contributed by atoms with Gasteiger partial charge in [-0.3, -0.25) is 24.6 Å². The Labute approximate surface area is 219 Å². The zero-order chi connectivity index (χ0) is 25.9. The summed E-state index contributed by atoms with van der Waals surface area (Å²) in [5, 5.41) is 16.6. The lowest BCUT2D eigenvalue weighted by Crippen LogP contribution is -2.53. The molecule has 0 radical (unpaired) electrons. The lowest BCUT2D eigenvalue weighted by Gasteiger charge is -2.30. The molecule has 3 heterocycles. The van der Waals surface area contributed by atoms with E-state index in [1.165, 1.54) is 4.90 Å². The Morgan fingerprint density at radius 1 is 0.973 bits per heavy atom. The summed E-state index contributed by atoms with van der Waals surface area (Å²) in [6, 6.07) is 19.5. The van der Waals surface area contributed by atoms with Crippen LogP contribution in [0.2, 0.25) is 5.02 Å². The molecule has 0 aliphatic carbocycles. The Kier molecular flexibility index (Phi) is 5.58. The summed E-state index contributed by atoms with van der Waals surface area (Å²) in [5.74, 6) is -2.41. The van der Waals surface area contributed by atoms with E-state index in [9.17, 15) is 19.5 Å². The van der Waals surface area contributed by atoms with Crippen LogP contribution >= 0.6 is 11.6 Å². The van der Waals surface area contributed by atoms with Gasteiger partial charge in [-0.1, -0.05) is 54.1 Å². The molecule has 3 aliphatic rings. The molecule has 0 saturated carbocycles.